The summed E-state index contributed by atoms with van der Waals surface area (Å²) in [5.74, 6) is 1.82. The molecule has 2 aromatic heterocycles. The second kappa shape index (κ2) is 7.09. The fourth-order valence-electron chi connectivity index (χ4n) is 2.84. The molecule has 0 bridgehead atoms. The molecule has 1 unspecified atom stereocenters. The summed E-state index contributed by atoms with van der Waals surface area (Å²) in [6.45, 7) is 4.19. The van der Waals surface area contributed by atoms with Crippen molar-refractivity contribution in [3.63, 3.8) is 0 Å². The van der Waals surface area contributed by atoms with Crippen molar-refractivity contribution in [3.8, 4) is 11.4 Å². The maximum absolute atomic E-state index is 4.80. The molecular weight excluding hydrogens is 292 g/mol. The number of hydrogen-bond donors (Lipinski definition) is 0. The average molecular weight is 314 g/mol. The predicted octanol–water partition coefficient (Wildman–Crippen LogP) is 3.57. The van der Waals surface area contributed by atoms with Crippen LogP contribution in [0.3, 0.4) is 0 Å². The van der Waals surface area contributed by atoms with E-state index in [0.29, 0.717) is 5.25 Å². The van der Waals surface area contributed by atoms with Crippen LogP contribution in [0.5, 0.6) is 0 Å². The van der Waals surface area contributed by atoms with Gasteiger partial charge in [0.05, 0.1) is 0 Å². The van der Waals surface area contributed by atoms with E-state index in [1.807, 2.05) is 37.0 Å². The molecule has 5 heteroatoms. The van der Waals surface area contributed by atoms with Crippen molar-refractivity contribution in [2.24, 2.45) is 0 Å². The molecule has 0 saturated carbocycles. The molecule has 1 saturated heterocycles. The SMILES string of the molecule is CSC1CCCCN(c2cc(C)nc(-c3cccnc3)n2)C1. The molecule has 4 nitrogen and oxygen atoms in total. The third-order valence-corrected chi connectivity index (χ3v) is 5.10. The quantitative estimate of drug-likeness (QED) is 0.866. The van der Waals surface area contributed by atoms with Crippen molar-refractivity contribution in [1.82, 2.24) is 15.0 Å². The molecule has 1 fully saturated rings. The normalized spacial score (nSPS) is 19.0. The summed E-state index contributed by atoms with van der Waals surface area (Å²) in [6.07, 6.45) is 9.66. The molecule has 2 aromatic rings. The number of pyridine rings is 1. The van der Waals surface area contributed by atoms with Gasteiger partial charge in [-0.2, -0.15) is 11.8 Å². The van der Waals surface area contributed by atoms with E-state index in [2.05, 4.69) is 27.2 Å². The smallest absolute Gasteiger partial charge is 0.163 e. The van der Waals surface area contributed by atoms with E-state index in [4.69, 9.17) is 4.98 Å². The Hall–Kier alpha value is -1.62. The molecule has 0 radical (unpaired) electrons. The van der Waals surface area contributed by atoms with Gasteiger partial charge >= 0.3 is 0 Å². The molecule has 1 atom stereocenters. The van der Waals surface area contributed by atoms with Gasteiger partial charge < -0.3 is 4.90 Å². The van der Waals surface area contributed by atoms with Gasteiger partial charge in [0.1, 0.15) is 5.82 Å². The van der Waals surface area contributed by atoms with Crippen molar-refractivity contribution in [3.05, 3.63) is 36.3 Å². The van der Waals surface area contributed by atoms with E-state index >= 15 is 0 Å². The van der Waals surface area contributed by atoms with Crippen LogP contribution >= 0.6 is 11.8 Å². The Kier molecular flexibility index (Phi) is 4.93. The first-order valence-corrected chi connectivity index (χ1v) is 9.09. The Morgan fingerprint density at radius 3 is 2.95 bits per heavy atom. The van der Waals surface area contributed by atoms with Gasteiger partial charge in [0.2, 0.25) is 0 Å². The zero-order valence-corrected chi connectivity index (χ0v) is 14.0. The average Bonchev–Trinajstić information content (AvgIpc) is 2.81. The monoisotopic (exact) mass is 314 g/mol. The number of aromatic nitrogens is 3. The van der Waals surface area contributed by atoms with Crippen LogP contribution < -0.4 is 4.90 Å². The van der Waals surface area contributed by atoms with Gasteiger partial charge in [0.25, 0.3) is 0 Å². The number of anilines is 1. The molecule has 1 aliphatic rings. The molecule has 0 aromatic carbocycles. The van der Waals surface area contributed by atoms with Crippen LogP contribution in [0.2, 0.25) is 0 Å². The Bertz CT molecular complexity index is 617. The van der Waals surface area contributed by atoms with Crippen LogP contribution in [0, 0.1) is 6.92 Å². The van der Waals surface area contributed by atoms with Crippen LogP contribution in [0.4, 0.5) is 5.82 Å². The maximum Gasteiger partial charge on any atom is 0.163 e. The van der Waals surface area contributed by atoms with Gasteiger partial charge in [-0.1, -0.05) is 6.42 Å². The Labute approximate surface area is 136 Å². The summed E-state index contributed by atoms with van der Waals surface area (Å²) in [7, 11) is 0. The van der Waals surface area contributed by atoms with E-state index in [-0.39, 0.29) is 0 Å². The van der Waals surface area contributed by atoms with Gasteiger partial charge in [-0.15, -0.1) is 0 Å². The van der Waals surface area contributed by atoms with Gasteiger partial charge in [-0.3, -0.25) is 4.98 Å². The molecule has 0 N–H and O–H groups in total. The summed E-state index contributed by atoms with van der Waals surface area (Å²) < 4.78 is 0. The highest BCUT2D eigenvalue weighted by atomic mass is 32.2. The molecule has 0 spiro atoms. The third kappa shape index (κ3) is 3.58. The number of aryl methyl sites for hydroxylation is 1. The molecule has 3 rings (SSSR count). The van der Waals surface area contributed by atoms with E-state index in [1.165, 1.54) is 19.3 Å². The lowest BCUT2D eigenvalue weighted by Gasteiger charge is -2.25. The molecule has 3 heterocycles. The minimum atomic E-state index is 0.694. The number of thioether (sulfide) groups is 1. The van der Waals surface area contributed by atoms with Crippen molar-refractivity contribution >= 4 is 17.6 Å². The highest BCUT2D eigenvalue weighted by molar-refractivity contribution is 7.99. The summed E-state index contributed by atoms with van der Waals surface area (Å²) in [5, 5.41) is 0.694. The zero-order chi connectivity index (χ0) is 15.4. The Morgan fingerprint density at radius 1 is 1.27 bits per heavy atom. The first kappa shape index (κ1) is 15.3. The molecule has 116 valence electrons. The highest BCUT2D eigenvalue weighted by Crippen LogP contribution is 2.25. The second-order valence-corrected chi connectivity index (χ2v) is 6.87. The summed E-state index contributed by atoms with van der Waals surface area (Å²) in [5.41, 5.74) is 1.98. The number of hydrogen-bond acceptors (Lipinski definition) is 5. The van der Waals surface area contributed by atoms with Crippen molar-refractivity contribution in [2.75, 3.05) is 24.2 Å². The first-order valence-electron chi connectivity index (χ1n) is 7.80. The minimum absolute atomic E-state index is 0.694. The lowest BCUT2D eigenvalue weighted by atomic mass is 10.2. The minimum Gasteiger partial charge on any atom is -0.355 e. The lowest BCUT2D eigenvalue weighted by molar-refractivity contribution is 0.736. The number of rotatable bonds is 3. The lowest BCUT2D eigenvalue weighted by Crippen LogP contribution is -2.30. The first-order chi connectivity index (χ1) is 10.8. The van der Waals surface area contributed by atoms with Gasteiger partial charge in [-0.05, 0) is 38.2 Å². The topological polar surface area (TPSA) is 41.9 Å². The van der Waals surface area contributed by atoms with Crippen LogP contribution in [-0.4, -0.2) is 39.5 Å². The van der Waals surface area contributed by atoms with Crippen molar-refractivity contribution < 1.29 is 0 Å². The van der Waals surface area contributed by atoms with Crippen molar-refractivity contribution in [2.45, 2.75) is 31.4 Å². The zero-order valence-electron chi connectivity index (χ0n) is 13.2. The van der Waals surface area contributed by atoms with E-state index < -0.39 is 0 Å². The largest absolute Gasteiger partial charge is 0.355 e. The van der Waals surface area contributed by atoms with Gasteiger partial charge in [0, 0.05) is 48.1 Å². The molecular formula is C17H22N4S. The molecule has 1 aliphatic heterocycles. The van der Waals surface area contributed by atoms with E-state index in [1.54, 1.807) is 6.20 Å². The Morgan fingerprint density at radius 2 is 2.18 bits per heavy atom. The van der Waals surface area contributed by atoms with Crippen LogP contribution in [0.1, 0.15) is 25.0 Å². The summed E-state index contributed by atoms with van der Waals surface area (Å²) in [6, 6.07) is 6.04. The standard InChI is InChI=1S/C17H22N4S/c1-13-10-16(21-9-4-3-7-15(12-21)22-2)20-17(19-13)14-6-5-8-18-11-14/h5-6,8,10-11,15H,3-4,7,9,12H2,1-2H3. The molecule has 0 amide bonds. The van der Waals surface area contributed by atoms with Gasteiger partial charge in [0.15, 0.2) is 5.82 Å². The van der Waals surface area contributed by atoms with E-state index in [9.17, 15) is 0 Å². The number of nitrogens with zero attached hydrogens (tertiary/aromatic N) is 4. The highest BCUT2D eigenvalue weighted by Gasteiger charge is 2.19. The second-order valence-electron chi connectivity index (χ2n) is 5.73. The van der Waals surface area contributed by atoms with Crippen LogP contribution in [0.15, 0.2) is 30.6 Å². The molecule has 22 heavy (non-hydrogen) atoms. The maximum atomic E-state index is 4.80. The van der Waals surface area contributed by atoms with E-state index in [0.717, 1.165) is 36.0 Å². The fourth-order valence-corrected chi connectivity index (χ4v) is 3.57. The predicted molar refractivity (Wildman–Crippen MR) is 93.4 cm³/mol. The van der Waals surface area contributed by atoms with Crippen molar-refractivity contribution in [1.29, 1.82) is 0 Å². The third-order valence-electron chi connectivity index (χ3n) is 4.05. The summed E-state index contributed by atoms with van der Waals surface area (Å²) in [4.78, 5) is 16.0. The Balaban J connectivity index is 1.91. The molecule has 0 aliphatic carbocycles. The van der Waals surface area contributed by atoms with Crippen LogP contribution in [-0.2, 0) is 0 Å². The summed E-state index contributed by atoms with van der Waals surface area (Å²) >= 11 is 1.97. The van der Waals surface area contributed by atoms with Gasteiger partial charge in [-0.25, -0.2) is 9.97 Å². The fraction of sp³-hybridized carbons (Fsp3) is 0.471. The van der Waals surface area contributed by atoms with Crippen LogP contribution in [0.25, 0.3) is 11.4 Å².